The van der Waals surface area contributed by atoms with Gasteiger partial charge in [-0.25, -0.2) is 9.97 Å². The Hall–Kier alpha value is -5.22. The van der Waals surface area contributed by atoms with E-state index in [1.54, 1.807) is 0 Å². The van der Waals surface area contributed by atoms with Crippen LogP contribution in [0, 0.1) is 0 Å². The predicted octanol–water partition coefficient (Wildman–Crippen LogP) is 8.81. The zero-order valence-corrected chi connectivity index (χ0v) is 20.4. The maximum atomic E-state index is 6.28. The minimum Gasteiger partial charge on any atom is -0.456 e. The Balaban J connectivity index is 1.54. The number of nitrogens with zero attached hydrogens (tertiary/aromatic N) is 3. The van der Waals surface area contributed by atoms with E-state index in [2.05, 4.69) is 83.4 Å². The molecule has 0 amide bonds. The van der Waals surface area contributed by atoms with E-state index in [1.807, 2.05) is 48.5 Å². The molecule has 0 fully saturated rings. The van der Waals surface area contributed by atoms with Crippen molar-refractivity contribution in [2.75, 3.05) is 0 Å². The number of rotatable bonds is 3. The van der Waals surface area contributed by atoms with Crippen LogP contribution in [0.2, 0.25) is 0 Å². The van der Waals surface area contributed by atoms with Gasteiger partial charge in [-0.15, -0.1) is 0 Å². The summed E-state index contributed by atoms with van der Waals surface area (Å²) in [5, 5.41) is 4.46. The Kier molecular flexibility index (Phi) is 4.49. The van der Waals surface area contributed by atoms with Crippen LogP contribution in [0.3, 0.4) is 0 Å². The van der Waals surface area contributed by atoms with E-state index >= 15 is 0 Å². The molecule has 3 heterocycles. The van der Waals surface area contributed by atoms with E-state index in [0.717, 1.165) is 66.3 Å². The molecule has 0 radical (unpaired) electrons. The molecule has 178 valence electrons. The molecule has 0 saturated heterocycles. The molecule has 0 spiro atoms. The van der Waals surface area contributed by atoms with Crippen molar-refractivity contribution in [2.24, 2.45) is 0 Å². The Labute approximate surface area is 218 Å². The maximum absolute atomic E-state index is 6.28. The van der Waals surface area contributed by atoms with E-state index in [-0.39, 0.29) is 0 Å². The second-order valence-corrected chi connectivity index (χ2v) is 9.46. The van der Waals surface area contributed by atoms with Crippen molar-refractivity contribution in [1.29, 1.82) is 0 Å². The first-order valence-corrected chi connectivity index (χ1v) is 12.7. The first-order valence-electron chi connectivity index (χ1n) is 12.7. The number of furan rings is 1. The molecule has 0 saturated carbocycles. The molecule has 38 heavy (non-hydrogen) atoms. The zero-order chi connectivity index (χ0) is 25.1. The van der Waals surface area contributed by atoms with Gasteiger partial charge >= 0.3 is 0 Å². The number of benzene rings is 5. The summed E-state index contributed by atoms with van der Waals surface area (Å²) in [6.07, 6.45) is 0. The Morgan fingerprint density at radius 1 is 0.500 bits per heavy atom. The first kappa shape index (κ1) is 20.9. The molecule has 5 aromatic carbocycles. The van der Waals surface area contributed by atoms with Crippen LogP contribution in [-0.2, 0) is 0 Å². The van der Waals surface area contributed by atoms with Crippen LogP contribution >= 0.6 is 0 Å². The standard InChI is InChI=1S/C34H21N3O/c1-3-11-22(12-4-1)27-21-28(23-13-5-2-6-14-23)36-34(35-27)37-29-17-9-7-15-24(29)25-19-20-31-32(33(25)37)26-16-8-10-18-30(26)38-31/h1-21H. The number of hydrogen-bond acceptors (Lipinski definition) is 3. The highest BCUT2D eigenvalue weighted by Crippen LogP contribution is 2.40. The maximum Gasteiger partial charge on any atom is 0.235 e. The summed E-state index contributed by atoms with van der Waals surface area (Å²) < 4.78 is 8.48. The molecule has 8 rings (SSSR count). The van der Waals surface area contributed by atoms with Gasteiger partial charge in [0.15, 0.2) is 0 Å². The predicted molar refractivity (Wildman–Crippen MR) is 155 cm³/mol. The fourth-order valence-corrected chi connectivity index (χ4v) is 5.52. The van der Waals surface area contributed by atoms with Crippen molar-refractivity contribution in [3.05, 3.63) is 127 Å². The molecule has 0 bridgehead atoms. The SMILES string of the molecule is c1ccc(-c2cc(-c3ccccc3)nc(-n3c4ccccc4c4ccc5oc6ccccc6c5c43)n2)cc1. The van der Waals surface area contributed by atoms with Crippen molar-refractivity contribution in [3.63, 3.8) is 0 Å². The average molecular weight is 488 g/mol. The Morgan fingerprint density at radius 2 is 1.11 bits per heavy atom. The van der Waals surface area contributed by atoms with Crippen LogP contribution in [0.15, 0.2) is 132 Å². The van der Waals surface area contributed by atoms with Crippen LogP contribution in [0.25, 0.3) is 72.2 Å². The van der Waals surface area contributed by atoms with E-state index in [4.69, 9.17) is 14.4 Å². The van der Waals surface area contributed by atoms with Crippen molar-refractivity contribution < 1.29 is 4.42 Å². The fourth-order valence-electron chi connectivity index (χ4n) is 5.52. The van der Waals surface area contributed by atoms with Gasteiger partial charge in [0, 0.05) is 27.3 Å². The van der Waals surface area contributed by atoms with Crippen molar-refractivity contribution in [2.45, 2.75) is 0 Å². The third kappa shape index (κ3) is 3.10. The molecule has 0 aliphatic rings. The van der Waals surface area contributed by atoms with Gasteiger partial charge in [-0.1, -0.05) is 97.1 Å². The smallest absolute Gasteiger partial charge is 0.235 e. The normalized spacial score (nSPS) is 11.7. The molecule has 0 N–H and O–H groups in total. The minimum absolute atomic E-state index is 0.634. The highest BCUT2D eigenvalue weighted by atomic mass is 16.3. The lowest BCUT2D eigenvalue weighted by molar-refractivity contribution is 0.669. The molecular formula is C34H21N3O. The summed E-state index contributed by atoms with van der Waals surface area (Å²) >= 11 is 0. The quantitative estimate of drug-likeness (QED) is 0.250. The van der Waals surface area contributed by atoms with E-state index in [0.29, 0.717) is 5.95 Å². The van der Waals surface area contributed by atoms with Gasteiger partial charge in [0.2, 0.25) is 5.95 Å². The third-order valence-electron chi connectivity index (χ3n) is 7.23. The second kappa shape index (κ2) is 8.15. The molecular weight excluding hydrogens is 466 g/mol. The largest absolute Gasteiger partial charge is 0.456 e. The summed E-state index contributed by atoms with van der Waals surface area (Å²) in [5.41, 5.74) is 7.69. The lowest BCUT2D eigenvalue weighted by atomic mass is 10.1. The summed E-state index contributed by atoms with van der Waals surface area (Å²) in [5.74, 6) is 0.634. The van der Waals surface area contributed by atoms with Crippen LogP contribution in [-0.4, -0.2) is 14.5 Å². The third-order valence-corrected chi connectivity index (χ3v) is 7.23. The number of fused-ring (bicyclic) bond motifs is 7. The average Bonchev–Trinajstić information content (AvgIpc) is 3.53. The van der Waals surface area contributed by atoms with Gasteiger partial charge in [0.1, 0.15) is 11.2 Å². The van der Waals surface area contributed by atoms with Gasteiger partial charge in [-0.05, 0) is 30.3 Å². The molecule has 3 aromatic heterocycles. The van der Waals surface area contributed by atoms with Crippen molar-refractivity contribution in [3.8, 4) is 28.5 Å². The van der Waals surface area contributed by atoms with Crippen molar-refractivity contribution >= 4 is 43.7 Å². The van der Waals surface area contributed by atoms with Crippen LogP contribution < -0.4 is 0 Å². The Bertz CT molecular complexity index is 2070. The van der Waals surface area contributed by atoms with Crippen LogP contribution in [0.5, 0.6) is 0 Å². The van der Waals surface area contributed by atoms with E-state index in [1.165, 1.54) is 0 Å². The lowest BCUT2D eigenvalue weighted by Gasteiger charge is -2.12. The van der Waals surface area contributed by atoms with Gasteiger partial charge in [-0.3, -0.25) is 4.57 Å². The number of hydrogen-bond donors (Lipinski definition) is 0. The number of aromatic nitrogens is 3. The fraction of sp³-hybridized carbons (Fsp3) is 0. The molecule has 0 atom stereocenters. The highest BCUT2D eigenvalue weighted by molar-refractivity contribution is 6.24. The summed E-state index contributed by atoms with van der Waals surface area (Å²) in [6, 6.07) is 43.6. The van der Waals surface area contributed by atoms with Crippen molar-refractivity contribution in [1.82, 2.24) is 14.5 Å². The summed E-state index contributed by atoms with van der Waals surface area (Å²) in [6.45, 7) is 0. The van der Waals surface area contributed by atoms with Gasteiger partial charge in [0.05, 0.1) is 27.8 Å². The van der Waals surface area contributed by atoms with Crippen LogP contribution in [0.1, 0.15) is 0 Å². The topological polar surface area (TPSA) is 43.9 Å². The summed E-state index contributed by atoms with van der Waals surface area (Å²) in [4.78, 5) is 10.3. The van der Waals surface area contributed by atoms with Gasteiger partial charge < -0.3 is 4.42 Å². The molecule has 4 heteroatoms. The first-order chi connectivity index (χ1) is 18.8. The Morgan fingerprint density at radius 3 is 1.82 bits per heavy atom. The summed E-state index contributed by atoms with van der Waals surface area (Å²) in [7, 11) is 0. The molecule has 0 unspecified atom stereocenters. The molecule has 0 aliphatic carbocycles. The van der Waals surface area contributed by atoms with E-state index < -0.39 is 0 Å². The highest BCUT2D eigenvalue weighted by Gasteiger charge is 2.21. The van der Waals surface area contributed by atoms with Gasteiger partial charge in [-0.2, -0.15) is 0 Å². The van der Waals surface area contributed by atoms with Crippen LogP contribution in [0.4, 0.5) is 0 Å². The monoisotopic (exact) mass is 487 g/mol. The van der Waals surface area contributed by atoms with E-state index in [9.17, 15) is 0 Å². The van der Waals surface area contributed by atoms with Gasteiger partial charge in [0.25, 0.3) is 0 Å². The molecule has 0 aliphatic heterocycles. The lowest BCUT2D eigenvalue weighted by Crippen LogP contribution is -2.04. The molecule has 4 nitrogen and oxygen atoms in total. The zero-order valence-electron chi connectivity index (χ0n) is 20.4. The second-order valence-electron chi connectivity index (χ2n) is 9.46. The minimum atomic E-state index is 0.634. The molecule has 8 aromatic rings. The number of para-hydroxylation sites is 2.